The summed E-state index contributed by atoms with van der Waals surface area (Å²) in [7, 11) is 1.61. The zero-order valence-electron chi connectivity index (χ0n) is 16.7. The number of imidazole rings is 1. The van der Waals surface area contributed by atoms with Crippen molar-refractivity contribution in [2.45, 2.75) is 19.9 Å². The fourth-order valence-corrected chi connectivity index (χ4v) is 3.72. The van der Waals surface area contributed by atoms with Gasteiger partial charge in [0.1, 0.15) is 23.3 Å². The first kappa shape index (κ1) is 18.3. The first-order valence-corrected chi connectivity index (χ1v) is 9.48. The van der Waals surface area contributed by atoms with Crippen molar-refractivity contribution in [3.63, 3.8) is 0 Å². The minimum absolute atomic E-state index is 0.174. The molecule has 4 aromatic heterocycles. The average Bonchev–Trinajstić information content (AvgIpc) is 3.47. The van der Waals surface area contributed by atoms with Crippen molar-refractivity contribution in [2.75, 3.05) is 13.7 Å². The number of hydrogen-bond donors (Lipinski definition) is 0. The summed E-state index contributed by atoms with van der Waals surface area (Å²) in [4.78, 5) is 22.4. The molecular weight excluding hydrogens is 386 g/mol. The molecule has 0 aliphatic carbocycles. The van der Waals surface area contributed by atoms with Crippen molar-refractivity contribution < 1.29 is 13.7 Å². The first-order chi connectivity index (χ1) is 14.6. The van der Waals surface area contributed by atoms with Gasteiger partial charge in [-0.05, 0) is 38.1 Å². The van der Waals surface area contributed by atoms with Crippen LogP contribution in [0.3, 0.4) is 0 Å². The lowest BCUT2D eigenvalue weighted by atomic mass is 10.2. The van der Waals surface area contributed by atoms with E-state index >= 15 is 0 Å². The molecule has 0 fully saturated rings. The number of methoxy groups -OCH3 is 1. The van der Waals surface area contributed by atoms with Crippen LogP contribution in [0, 0.1) is 6.92 Å². The third-order valence-electron chi connectivity index (χ3n) is 5.03. The number of furan rings is 1. The van der Waals surface area contributed by atoms with E-state index in [-0.39, 0.29) is 23.3 Å². The molecule has 0 aliphatic rings. The zero-order valence-corrected chi connectivity index (χ0v) is 16.7. The van der Waals surface area contributed by atoms with Gasteiger partial charge in [0.2, 0.25) is 5.82 Å². The number of fused-ring (bicyclic) bond motifs is 3. The molecule has 0 amide bonds. The molecule has 9 nitrogen and oxygen atoms in total. The Labute approximate surface area is 170 Å². The Kier molecular flexibility index (Phi) is 4.25. The predicted molar refractivity (Wildman–Crippen MR) is 109 cm³/mol. The van der Waals surface area contributed by atoms with Crippen molar-refractivity contribution in [3.05, 3.63) is 58.8 Å². The monoisotopic (exact) mass is 405 g/mol. The summed E-state index contributed by atoms with van der Waals surface area (Å²) in [6.45, 7) is 4.17. The Bertz CT molecular complexity index is 1420. The number of hydrogen-bond acceptors (Lipinski definition) is 7. The smallest absolute Gasteiger partial charge is 0.293 e. The lowest BCUT2D eigenvalue weighted by Gasteiger charge is -2.18. The maximum absolute atomic E-state index is 13.5. The molecule has 1 aromatic carbocycles. The summed E-state index contributed by atoms with van der Waals surface area (Å²) in [6.07, 6.45) is 1.60. The minimum atomic E-state index is -0.203. The second kappa shape index (κ2) is 6.96. The van der Waals surface area contributed by atoms with Crippen molar-refractivity contribution in [2.24, 2.45) is 0 Å². The second-order valence-electron chi connectivity index (χ2n) is 7.11. The number of aryl methyl sites for hydroxylation is 1. The van der Waals surface area contributed by atoms with E-state index in [0.717, 1.165) is 16.8 Å². The molecule has 0 saturated heterocycles. The molecule has 4 heterocycles. The number of rotatable bonds is 5. The molecule has 0 N–H and O–H groups in total. The second-order valence-corrected chi connectivity index (χ2v) is 7.11. The average molecular weight is 405 g/mol. The van der Waals surface area contributed by atoms with Crippen LogP contribution in [-0.4, -0.2) is 37.8 Å². The Balaban J connectivity index is 1.75. The summed E-state index contributed by atoms with van der Waals surface area (Å²) in [6, 6.07) is 11.1. The van der Waals surface area contributed by atoms with Crippen LogP contribution in [-0.2, 0) is 4.74 Å². The lowest BCUT2D eigenvalue weighted by molar-refractivity contribution is 0.162. The highest BCUT2D eigenvalue weighted by Crippen LogP contribution is 2.27. The van der Waals surface area contributed by atoms with Gasteiger partial charge in [-0.3, -0.25) is 13.8 Å². The maximum Gasteiger partial charge on any atom is 0.293 e. The highest BCUT2D eigenvalue weighted by Gasteiger charge is 2.23. The predicted octanol–water partition coefficient (Wildman–Crippen LogP) is 3.48. The fraction of sp³-hybridized carbons (Fsp3) is 0.238. The van der Waals surface area contributed by atoms with E-state index in [1.54, 1.807) is 28.5 Å². The van der Waals surface area contributed by atoms with Crippen LogP contribution in [0.2, 0.25) is 0 Å². The van der Waals surface area contributed by atoms with Gasteiger partial charge in [-0.25, -0.2) is 4.98 Å². The molecule has 0 saturated carbocycles. The van der Waals surface area contributed by atoms with Crippen LogP contribution in [0.25, 0.3) is 39.7 Å². The molecule has 0 radical (unpaired) electrons. The molecular formula is C21H19N5O4. The van der Waals surface area contributed by atoms with Crippen LogP contribution in [0.15, 0.2) is 56.5 Å². The van der Waals surface area contributed by atoms with Crippen LogP contribution >= 0.6 is 0 Å². The molecule has 9 heteroatoms. The van der Waals surface area contributed by atoms with Crippen molar-refractivity contribution >= 4 is 16.6 Å². The van der Waals surface area contributed by atoms with Crippen LogP contribution in [0.5, 0.6) is 0 Å². The van der Waals surface area contributed by atoms with E-state index in [2.05, 4.69) is 15.1 Å². The Morgan fingerprint density at radius 2 is 1.97 bits per heavy atom. The maximum atomic E-state index is 13.5. The van der Waals surface area contributed by atoms with E-state index in [4.69, 9.17) is 13.7 Å². The van der Waals surface area contributed by atoms with Gasteiger partial charge in [-0.2, -0.15) is 4.98 Å². The number of benzene rings is 1. The molecule has 0 spiro atoms. The van der Waals surface area contributed by atoms with E-state index < -0.39 is 0 Å². The molecule has 1 atom stereocenters. The standard InChI is InChI=1S/C21H19N5O4/c1-12(10-28-3)26-15-7-5-4-6-14(15)25-11-22-17(18(25)21(26)27)19-23-20(30-24-19)16-9-8-13(2)29-16/h4-9,11-12H,10H2,1-3H3. The zero-order chi connectivity index (χ0) is 20.8. The Hall–Kier alpha value is -3.72. The summed E-state index contributed by atoms with van der Waals surface area (Å²) in [5.41, 5.74) is 2.16. The van der Waals surface area contributed by atoms with Gasteiger partial charge in [0.25, 0.3) is 11.4 Å². The van der Waals surface area contributed by atoms with Crippen LogP contribution < -0.4 is 5.56 Å². The normalized spacial score (nSPS) is 12.8. The van der Waals surface area contributed by atoms with Crippen molar-refractivity contribution in [3.8, 4) is 23.2 Å². The van der Waals surface area contributed by atoms with E-state index in [1.165, 1.54) is 0 Å². The topological polar surface area (TPSA) is 101 Å². The van der Waals surface area contributed by atoms with Crippen LogP contribution in [0.1, 0.15) is 18.7 Å². The quantitative estimate of drug-likeness (QED) is 0.441. The third-order valence-corrected chi connectivity index (χ3v) is 5.03. The largest absolute Gasteiger partial charge is 0.456 e. The van der Waals surface area contributed by atoms with Crippen molar-refractivity contribution in [1.82, 2.24) is 24.1 Å². The Morgan fingerprint density at radius 1 is 1.17 bits per heavy atom. The summed E-state index contributed by atoms with van der Waals surface area (Å²) >= 11 is 0. The van der Waals surface area contributed by atoms with Gasteiger partial charge in [-0.1, -0.05) is 17.3 Å². The molecule has 152 valence electrons. The Morgan fingerprint density at radius 3 is 2.70 bits per heavy atom. The molecule has 5 aromatic rings. The lowest BCUT2D eigenvalue weighted by Crippen LogP contribution is -2.28. The summed E-state index contributed by atoms with van der Waals surface area (Å²) in [5.74, 6) is 1.65. The number of para-hydroxylation sites is 2. The summed E-state index contributed by atoms with van der Waals surface area (Å²) in [5, 5.41) is 4.03. The van der Waals surface area contributed by atoms with Gasteiger partial charge in [0, 0.05) is 7.11 Å². The number of ether oxygens (including phenoxy) is 1. The van der Waals surface area contributed by atoms with E-state index in [1.807, 2.05) is 44.2 Å². The van der Waals surface area contributed by atoms with E-state index in [0.29, 0.717) is 23.6 Å². The molecule has 5 rings (SSSR count). The van der Waals surface area contributed by atoms with Gasteiger partial charge in [-0.15, -0.1) is 0 Å². The molecule has 30 heavy (non-hydrogen) atoms. The third kappa shape index (κ3) is 2.74. The van der Waals surface area contributed by atoms with Crippen LogP contribution in [0.4, 0.5) is 0 Å². The van der Waals surface area contributed by atoms with Gasteiger partial charge in [0.05, 0.1) is 23.7 Å². The van der Waals surface area contributed by atoms with E-state index in [9.17, 15) is 4.79 Å². The fourth-order valence-electron chi connectivity index (χ4n) is 3.72. The SMILES string of the molecule is COCC(C)n1c(=O)c2c(-c3noc(-c4ccc(C)o4)n3)ncn2c2ccccc21. The molecule has 0 aliphatic heterocycles. The highest BCUT2D eigenvalue weighted by molar-refractivity contribution is 5.83. The molecule has 1 unspecified atom stereocenters. The number of nitrogens with zero attached hydrogens (tertiary/aromatic N) is 5. The molecule has 0 bridgehead atoms. The number of aromatic nitrogens is 5. The van der Waals surface area contributed by atoms with Gasteiger partial charge >= 0.3 is 0 Å². The first-order valence-electron chi connectivity index (χ1n) is 9.48. The van der Waals surface area contributed by atoms with Gasteiger partial charge in [0.15, 0.2) is 5.76 Å². The van der Waals surface area contributed by atoms with Crippen molar-refractivity contribution in [1.29, 1.82) is 0 Å². The van der Waals surface area contributed by atoms with Gasteiger partial charge < -0.3 is 13.7 Å². The minimum Gasteiger partial charge on any atom is -0.456 e. The summed E-state index contributed by atoms with van der Waals surface area (Å²) < 4.78 is 19.7. The highest BCUT2D eigenvalue weighted by atomic mass is 16.5.